The molecule has 5 aromatic carbocycles. The minimum Gasteiger partial charge on any atom is -0.299 e. The number of unbranched alkanes of at least 4 members (excludes halogenated alkanes) is 1. The van der Waals surface area contributed by atoms with Crippen molar-refractivity contribution in [1.82, 2.24) is 0 Å². The summed E-state index contributed by atoms with van der Waals surface area (Å²) in [5, 5.41) is 62.1. The fraction of sp³-hybridized carbons (Fsp3) is 0.276. The molecule has 21 nitrogen and oxygen atoms in total. The number of oxime groups is 4. The highest BCUT2D eigenvalue weighted by atomic mass is 32.2. The highest BCUT2D eigenvalue weighted by Gasteiger charge is 2.65. The van der Waals surface area contributed by atoms with Crippen molar-refractivity contribution >= 4 is 136 Å². The Kier molecular flexibility index (Phi) is 28.0. The molecule has 0 amide bonds. The number of carbonyl (C=O) groups is 1. The van der Waals surface area contributed by atoms with Crippen LogP contribution in [-0.4, -0.2) is 76.9 Å². The van der Waals surface area contributed by atoms with E-state index < -0.39 is 45.9 Å². The predicted octanol–water partition coefficient (Wildman–Crippen LogP) is 16.7. The smallest absolute Gasteiger partial charge is 0.299 e. The van der Waals surface area contributed by atoms with Crippen LogP contribution in [0.2, 0.25) is 0 Å². The molecule has 105 heavy (non-hydrogen) atoms. The average molecular weight is 1560 g/mol. The van der Waals surface area contributed by atoms with Gasteiger partial charge in [0.2, 0.25) is 0 Å². The molecule has 0 radical (unpaired) electrons. The molecule has 2 atom stereocenters. The first-order valence-electron chi connectivity index (χ1n) is 32.8. The minimum absolute atomic E-state index is 0.0115. The Labute approximate surface area is 631 Å². The van der Waals surface area contributed by atoms with Gasteiger partial charge in [0.25, 0.3) is 0 Å². The van der Waals surface area contributed by atoms with E-state index in [0.717, 1.165) is 62.9 Å². The van der Waals surface area contributed by atoms with E-state index in [2.05, 4.69) is 44.9 Å². The lowest BCUT2D eigenvalue weighted by molar-refractivity contribution is -0.128. The van der Waals surface area contributed by atoms with Gasteiger partial charge < -0.3 is 0 Å². The predicted molar refractivity (Wildman–Crippen MR) is 419 cm³/mol. The highest BCUT2D eigenvalue weighted by Crippen LogP contribution is 2.64. The first-order chi connectivity index (χ1) is 50.0. The third kappa shape index (κ3) is 20.2. The second kappa shape index (κ2) is 36.1. The van der Waals surface area contributed by atoms with Crippen molar-refractivity contribution in [3.8, 4) is 24.3 Å². The molecule has 0 aromatic heterocycles. The third-order valence-electron chi connectivity index (χ3n) is 17.8. The quantitative estimate of drug-likeness (QED) is 0.0516. The van der Waals surface area contributed by atoms with Crippen molar-refractivity contribution in [1.29, 1.82) is 21.0 Å². The molecular formula is C76H74N8O13S8. The third-order valence-corrected chi connectivity index (χ3v) is 25.5. The number of rotatable bonds is 20. The molecule has 0 N–H and O–H groups in total. The molecule has 4 aliphatic heterocycles. The van der Waals surface area contributed by atoms with Crippen molar-refractivity contribution in [2.45, 2.75) is 106 Å². The molecular weight excluding hydrogens is 1490 g/mol. The van der Waals surface area contributed by atoms with Gasteiger partial charge in [-0.1, -0.05) is 217 Å². The first kappa shape index (κ1) is 81.4. The van der Waals surface area contributed by atoms with E-state index >= 15 is 0 Å². The highest BCUT2D eigenvalue weighted by molar-refractivity contribution is 8.18. The first-order valence-corrected chi connectivity index (χ1v) is 42.4. The standard InChI is InChI=1S/C23H24N2O4S2.C20H16N2O3S2.C17H18N2O3S2.C16H16N2O3S2/c1-15-6-4-5-7-17(15)19(13-24)18-9-11-30-21(18)25-29-31(27,28)14-23-10-8-16(12-20(23)26)22(23,2)3;1-14-7-9-16(10-8-14)27(23,24)25-22-20-18(11-12-26-20)19(13-21)17-6-4-3-5-15(17)2;1-3-4-11-24(20,21)22-19-17-15(9-10-23-17)16(12-18)14-8-6-5-7-13(14)2;1-3-10-23(19,20)21-18-16-14(8-9-22-16)15(11-17)13-7-5-4-6-12(13)2/h4-7,9,11,16H,8,10,12,14H2,1-3H3;3-12H,1-2H3;5-10H,3-4,11H2,1-2H3;4-9H,3,10H2,1-2H3/b19-18+,25-21-;19-18+,22-20-;16-15+,19-17-;15-14+,18-16-. The summed E-state index contributed by atoms with van der Waals surface area (Å²) in [6, 6.07) is 45.1. The van der Waals surface area contributed by atoms with E-state index in [-0.39, 0.29) is 39.3 Å². The number of fused-ring (bicyclic) bond motifs is 2. The van der Waals surface area contributed by atoms with Gasteiger partial charge in [0.1, 0.15) is 60.9 Å². The number of ketones is 1. The fourth-order valence-corrected chi connectivity index (χ4v) is 18.9. The van der Waals surface area contributed by atoms with Crippen LogP contribution in [-0.2, 0) is 62.4 Å². The van der Waals surface area contributed by atoms with Crippen LogP contribution in [0.25, 0.3) is 22.3 Å². The lowest BCUT2D eigenvalue weighted by atomic mass is 9.70. The lowest BCUT2D eigenvalue weighted by Gasteiger charge is -2.35. The van der Waals surface area contributed by atoms with Gasteiger partial charge in [-0.25, -0.2) is 0 Å². The number of thioether (sulfide) groups is 4. The van der Waals surface area contributed by atoms with Crippen LogP contribution in [0.5, 0.6) is 0 Å². The number of benzene rings is 5. The average Bonchev–Trinajstić information content (AvgIpc) is 1.55. The maximum Gasteiger partial charge on any atom is 0.358 e. The Morgan fingerprint density at radius 2 is 0.800 bits per heavy atom. The second-order valence-corrected chi connectivity index (χ2v) is 34.9. The van der Waals surface area contributed by atoms with E-state index in [1.165, 1.54) is 59.2 Å². The molecule has 4 heterocycles. The van der Waals surface area contributed by atoms with Crippen molar-refractivity contribution < 1.29 is 55.6 Å². The molecule has 2 aliphatic carbocycles. The number of carbonyl (C=O) groups excluding carboxylic acids is 1. The number of aryl methyl sites for hydroxylation is 5. The van der Waals surface area contributed by atoms with Gasteiger partial charge in [0.15, 0.2) is 0 Å². The number of hydrogen-bond donors (Lipinski definition) is 0. The van der Waals surface area contributed by atoms with Crippen LogP contribution >= 0.6 is 47.0 Å². The normalized spacial score (nSPS) is 21.1. The van der Waals surface area contributed by atoms with Crippen LogP contribution in [0, 0.1) is 96.7 Å². The SMILES string of the molecule is CCCCS(=O)(=O)O/N=C1\SC=C\C1=C(\C#N)c1ccccc1C.CCCS(=O)(=O)O/N=C1\SC=C\C1=C(\C#N)c1ccccc1C.Cc1ccc(S(=O)(=O)O/N=C2\SC=C\C2=C(\C#N)c2ccccc2C)cc1.Cc1ccccc1/C(C#N)=C1\C=CS\C1=N/OS(=O)(=O)CC12CCC(CC1=O)C2(C)C. The van der Waals surface area contributed by atoms with Gasteiger partial charge in [-0.2, -0.15) is 54.7 Å². The molecule has 2 fully saturated rings. The lowest BCUT2D eigenvalue weighted by Crippen LogP contribution is -2.42. The summed E-state index contributed by atoms with van der Waals surface area (Å²) >= 11 is 4.85. The molecule has 11 rings (SSSR count). The zero-order valence-corrected chi connectivity index (χ0v) is 65.3. The molecule has 544 valence electrons. The monoisotopic (exact) mass is 1560 g/mol. The number of Topliss-reactive ketones (excluding diaryl/α,β-unsaturated/α-hetero) is 1. The molecule has 5 aromatic rings. The number of nitrogens with zero attached hydrogens (tertiary/aromatic N) is 8. The van der Waals surface area contributed by atoms with Crippen LogP contribution < -0.4 is 0 Å². The summed E-state index contributed by atoms with van der Waals surface area (Å²) in [6.07, 6.45) is 10.5. The molecule has 2 unspecified atom stereocenters. The summed E-state index contributed by atoms with van der Waals surface area (Å²) < 4.78 is 117. The zero-order valence-electron chi connectivity index (χ0n) is 58.8. The van der Waals surface area contributed by atoms with E-state index in [1.807, 2.05) is 152 Å². The zero-order chi connectivity index (χ0) is 76.3. The Balaban J connectivity index is 0.000000178. The van der Waals surface area contributed by atoms with Gasteiger partial charge in [-0.3, -0.25) is 21.9 Å². The summed E-state index contributed by atoms with van der Waals surface area (Å²) in [5.41, 5.74) is 10.5. The molecule has 2 bridgehead atoms. The van der Waals surface area contributed by atoms with Crippen LogP contribution in [0.4, 0.5) is 0 Å². The number of nitriles is 4. The molecule has 0 saturated heterocycles. The van der Waals surface area contributed by atoms with Crippen molar-refractivity contribution in [3.05, 3.63) is 240 Å². The van der Waals surface area contributed by atoms with Gasteiger partial charge >= 0.3 is 40.5 Å². The molecule has 6 aliphatic rings. The summed E-state index contributed by atoms with van der Waals surface area (Å²) in [5.74, 6) is -0.293. The Bertz CT molecular complexity index is 5270. The van der Waals surface area contributed by atoms with Crippen molar-refractivity contribution in [2.75, 3.05) is 17.3 Å². The summed E-state index contributed by atoms with van der Waals surface area (Å²) in [6.45, 7) is 17.1. The van der Waals surface area contributed by atoms with E-state index in [9.17, 15) is 59.5 Å². The Morgan fingerprint density at radius 3 is 1.10 bits per heavy atom. The van der Waals surface area contributed by atoms with Crippen LogP contribution in [0.1, 0.15) is 116 Å². The maximum atomic E-state index is 12.8. The van der Waals surface area contributed by atoms with Gasteiger partial charge in [0, 0.05) is 28.7 Å². The Hall–Kier alpha value is -9.27. The van der Waals surface area contributed by atoms with Crippen LogP contribution in [0.15, 0.2) is 215 Å². The maximum absolute atomic E-state index is 12.8. The summed E-state index contributed by atoms with van der Waals surface area (Å²) in [4.78, 5) is 12.7. The Morgan fingerprint density at radius 1 is 0.467 bits per heavy atom. The molecule has 29 heteroatoms. The van der Waals surface area contributed by atoms with Gasteiger partial charge in [0.05, 0.1) is 39.2 Å². The molecule has 2 saturated carbocycles. The minimum atomic E-state index is -4.08. The van der Waals surface area contributed by atoms with E-state index in [4.69, 9.17) is 17.1 Å². The number of allylic oxidation sites excluding steroid dienone is 8. The molecule has 0 spiro atoms. The number of hydrogen-bond acceptors (Lipinski definition) is 25. The topological polar surface area (TPSA) is 335 Å². The van der Waals surface area contributed by atoms with E-state index in [1.54, 1.807) is 65.0 Å². The van der Waals surface area contributed by atoms with Gasteiger partial charge in [-0.15, -0.1) is 0 Å². The van der Waals surface area contributed by atoms with Gasteiger partial charge in [-0.05, 0) is 174 Å². The van der Waals surface area contributed by atoms with Crippen molar-refractivity contribution in [2.24, 2.45) is 37.4 Å². The second-order valence-electron chi connectivity index (χ2n) is 24.9. The fourth-order valence-electron chi connectivity index (χ4n) is 11.9. The van der Waals surface area contributed by atoms with Crippen molar-refractivity contribution in [3.63, 3.8) is 0 Å². The largest absolute Gasteiger partial charge is 0.358 e. The van der Waals surface area contributed by atoms with Crippen LogP contribution in [0.3, 0.4) is 0 Å². The summed E-state index contributed by atoms with van der Waals surface area (Å²) in [7, 11) is -15.5. The van der Waals surface area contributed by atoms with E-state index in [0.29, 0.717) is 90.4 Å².